The van der Waals surface area contributed by atoms with E-state index in [2.05, 4.69) is 17.4 Å². The fraction of sp³-hybridized carbons (Fsp3) is 0.462. The van der Waals surface area contributed by atoms with E-state index in [0.29, 0.717) is 6.04 Å². The van der Waals surface area contributed by atoms with Crippen LogP contribution in [-0.4, -0.2) is 30.6 Å². The third-order valence-corrected chi connectivity index (χ3v) is 3.30. The second-order valence-electron chi connectivity index (χ2n) is 4.40. The summed E-state index contributed by atoms with van der Waals surface area (Å²) >= 11 is 5.94. The predicted octanol–water partition coefficient (Wildman–Crippen LogP) is 2.32. The molecule has 0 amide bonds. The van der Waals surface area contributed by atoms with Crippen LogP contribution in [0.15, 0.2) is 24.3 Å². The molecule has 1 aliphatic rings. The van der Waals surface area contributed by atoms with Crippen molar-refractivity contribution in [1.82, 2.24) is 4.90 Å². The molecular weight excluding hydrogens is 220 g/mol. The summed E-state index contributed by atoms with van der Waals surface area (Å²) in [5.41, 5.74) is 7.07. The lowest BCUT2D eigenvalue weighted by Gasteiger charge is -2.29. The lowest BCUT2D eigenvalue weighted by Crippen LogP contribution is -2.40. The van der Waals surface area contributed by atoms with Gasteiger partial charge in [-0.2, -0.15) is 0 Å². The van der Waals surface area contributed by atoms with Gasteiger partial charge in [0.15, 0.2) is 0 Å². The summed E-state index contributed by atoms with van der Waals surface area (Å²) in [6, 6.07) is 8.38. The molecule has 3 heteroatoms. The van der Waals surface area contributed by atoms with E-state index < -0.39 is 0 Å². The monoisotopic (exact) mass is 237 g/mol. The minimum absolute atomic E-state index is 0.405. The van der Waals surface area contributed by atoms with Gasteiger partial charge in [-0.25, -0.2) is 0 Å². The fourth-order valence-corrected chi connectivity index (χ4v) is 2.20. The molecule has 0 unspecified atom stereocenters. The van der Waals surface area contributed by atoms with E-state index in [1.165, 1.54) is 5.56 Å². The molecule has 2 rings (SSSR count). The van der Waals surface area contributed by atoms with E-state index in [4.69, 9.17) is 17.3 Å². The normalized spacial score (nSPS) is 18.9. The number of rotatable bonds is 3. The standard InChI is InChI=1S/C13H18ClN2/c14-12-3-1-2-11(10-12)4-7-16-8-5-13(15)6-9-16/h1-4,10,13H,5-9,15H2. The summed E-state index contributed by atoms with van der Waals surface area (Å²) in [5.74, 6) is 0. The molecule has 0 saturated carbocycles. The van der Waals surface area contributed by atoms with E-state index in [-0.39, 0.29) is 0 Å². The Morgan fingerprint density at radius 3 is 2.81 bits per heavy atom. The molecule has 0 aromatic heterocycles. The van der Waals surface area contributed by atoms with Crippen molar-refractivity contribution in [2.45, 2.75) is 18.9 Å². The SMILES string of the molecule is NC1CCN(C[CH]c2cccc(Cl)c2)CC1. The first-order chi connectivity index (χ1) is 7.74. The summed E-state index contributed by atoms with van der Waals surface area (Å²) in [6.45, 7) is 3.21. The van der Waals surface area contributed by atoms with Gasteiger partial charge in [-0.1, -0.05) is 23.7 Å². The number of likely N-dealkylation sites (tertiary alicyclic amines) is 1. The number of nitrogens with zero attached hydrogens (tertiary/aromatic N) is 1. The van der Waals surface area contributed by atoms with Crippen LogP contribution in [0.5, 0.6) is 0 Å². The molecule has 1 aromatic carbocycles. The van der Waals surface area contributed by atoms with E-state index in [9.17, 15) is 0 Å². The summed E-state index contributed by atoms with van der Waals surface area (Å²) in [7, 11) is 0. The van der Waals surface area contributed by atoms with Crippen molar-refractivity contribution in [2.75, 3.05) is 19.6 Å². The van der Waals surface area contributed by atoms with Crippen LogP contribution in [0.3, 0.4) is 0 Å². The van der Waals surface area contributed by atoms with Gasteiger partial charge in [0.05, 0.1) is 0 Å². The van der Waals surface area contributed by atoms with Gasteiger partial charge in [-0.15, -0.1) is 0 Å². The number of benzene rings is 1. The van der Waals surface area contributed by atoms with Crippen LogP contribution < -0.4 is 5.73 Å². The first-order valence-electron chi connectivity index (χ1n) is 5.81. The van der Waals surface area contributed by atoms with Gasteiger partial charge in [-0.05, 0) is 43.6 Å². The molecule has 0 atom stereocenters. The quantitative estimate of drug-likeness (QED) is 0.874. The summed E-state index contributed by atoms with van der Waals surface area (Å²) in [5, 5.41) is 0.800. The average Bonchev–Trinajstić information content (AvgIpc) is 2.28. The van der Waals surface area contributed by atoms with Gasteiger partial charge in [-0.3, -0.25) is 0 Å². The summed E-state index contributed by atoms with van der Waals surface area (Å²) < 4.78 is 0. The maximum atomic E-state index is 5.94. The van der Waals surface area contributed by atoms with Crippen molar-refractivity contribution in [3.8, 4) is 0 Å². The molecule has 0 spiro atoms. The second-order valence-corrected chi connectivity index (χ2v) is 4.83. The number of hydrogen-bond donors (Lipinski definition) is 1. The Labute approximate surface area is 102 Å². The second kappa shape index (κ2) is 5.67. The van der Waals surface area contributed by atoms with Gasteiger partial charge in [0.25, 0.3) is 0 Å². The molecule has 2 nitrogen and oxygen atoms in total. The Bertz CT molecular complexity index is 332. The van der Waals surface area contributed by atoms with Gasteiger partial charge in [0.2, 0.25) is 0 Å². The molecule has 0 bridgehead atoms. The molecule has 1 radical (unpaired) electrons. The first-order valence-corrected chi connectivity index (χ1v) is 6.18. The molecule has 1 heterocycles. The van der Waals surface area contributed by atoms with Crippen molar-refractivity contribution in [2.24, 2.45) is 5.73 Å². The highest BCUT2D eigenvalue weighted by Gasteiger charge is 2.15. The van der Waals surface area contributed by atoms with Gasteiger partial charge in [0.1, 0.15) is 0 Å². The molecule has 1 saturated heterocycles. The smallest absolute Gasteiger partial charge is 0.0408 e. The van der Waals surface area contributed by atoms with Gasteiger partial charge < -0.3 is 10.6 Å². The van der Waals surface area contributed by atoms with Crippen LogP contribution in [0.2, 0.25) is 5.02 Å². The number of halogens is 1. The van der Waals surface area contributed by atoms with Crippen LogP contribution >= 0.6 is 11.6 Å². The molecule has 1 aliphatic heterocycles. The molecule has 0 aliphatic carbocycles. The van der Waals surface area contributed by atoms with Crippen molar-refractivity contribution in [3.63, 3.8) is 0 Å². The van der Waals surface area contributed by atoms with E-state index in [1.807, 2.05) is 18.2 Å². The van der Waals surface area contributed by atoms with Crippen molar-refractivity contribution < 1.29 is 0 Å². The van der Waals surface area contributed by atoms with E-state index >= 15 is 0 Å². The zero-order valence-corrected chi connectivity index (χ0v) is 10.2. The molecule has 1 fully saturated rings. The predicted molar refractivity (Wildman–Crippen MR) is 68.5 cm³/mol. The van der Waals surface area contributed by atoms with Crippen LogP contribution in [0.4, 0.5) is 0 Å². The van der Waals surface area contributed by atoms with Gasteiger partial charge >= 0.3 is 0 Å². The average molecular weight is 238 g/mol. The maximum absolute atomic E-state index is 5.94. The Balaban J connectivity index is 1.79. The highest BCUT2D eigenvalue weighted by Crippen LogP contribution is 2.14. The first kappa shape index (κ1) is 11.9. The lowest BCUT2D eigenvalue weighted by molar-refractivity contribution is 0.229. The van der Waals surface area contributed by atoms with Crippen molar-refractivity contribution >= 4 is 11.6 Å². The molecule has 2 N–H and O–H groups in total. The third-order valence-electron chi connectivity index (χ3n) is 3.07. The van der Waals surface area contributed by atoms with Crippen LogP contribution in [-0.2, 0) is 0 Å². The summed E-state index contributed by atoms with van der Waals surface area (Å²) in [6.07, 6.45) is 4.45. The fourth-order valence-electron chi connectivity index (χ4n) is 2.00. The minimum Gasteiger partial charge on any atom is -0.328 e. The molecular formula is C13H18ClN2. The molecule has 16 heavy (non-hydrogen) atoms. The minimum atomic E-state index is 0.405. The van der Waals surface area contributed by atoms with Crippen LogP contribution in [0, 0.1) is 6.42 Å². The van der Waals surface area contributed by atoms with Crippen molar-refractivity contribution in [1.29, 1.82) is 0 Å². The number of nitrogens with two attached hydrogens (primary N) is 1. The third kappa shape index (κ3) is 3.48. The largest absolute Gasteiger partial charge is 0.328 e. The molecule has 1 aromatic rings. The maximum Gasteiger partial charge on any atom is 0.0408 e. The zero-order chi connectivity index (χ0) is 11.4. The highest BCUT2D eigenvalue weighted by atomic mass is 35.5. The zero-order valence-electron chi connectivity index (χ0n) is 9.40. The number of piperidine rings is 1. The highest BCUT2D eigenvalue weighted by molar-refractivity contribution is 6.30. The summed E-state index contributed by atoms with van der Waals surface area (Å²) in [4.78, 5) is 2.43. The molecule has 87 valence electrons. The Morgan fingerprint density at radius 1 is 1.38 bits per heavy atom. The van der Waals surface area contributed by atoms with Crippen molar-refractivity contribution in [3.05, 3.63) is 41.3 Å². The number of hydrogen-bond acceptors (Lipinski definition) is 2. The van der Waals surface area contributed by atoms with Gasteiger partial charge in [0, 0.05) is 24.0 Å². The topological polar surface area (TPSA) is 29.3 Å². The van der Waals surface area contributed by atoms with E-state index in [0.717, 1.165) is 37.5 Å². The lowest BCUT2D eigenvalue weighted by atomic mass is 10.1. The Hall–Kier alpha value is -0.570. The van der Waals surface area contributed by atoms with Crippen LogP contribution in [0.25, 0.3) is 0 Å². The Kier molecular flexibility index (Phi) is 4.22. The Morgan fingerprint density at radius 2 is 2.12 bits per heavy atom. The van der Waals surface area contributed by atoms with Crippen LogP contribution in [0.1, 0.15) is 18.4 Å². The van der Waals surface area contributed by atoms with E-state index in [1.54, 1.807) is 0 Å².